The van der Waals surface area contributed by atoms with Gasteiger partial charge in [0.05, 0.1) is 9.47 Å². The molecule has 0 radical (unpaired) electrons. The molecule has 7 heteroatoms. The van der Waals surface area contributed by atoms with E-state index in [2.05, 4.69) is 15.2 Å². The quantitative estimate of drug-likeness (QED) is 0.805. The van der Waals surface area contributed by atoms with Gasteiger partial charge in [-0.2, -0.15) is 0 Å². The van der Waals surface area contributed by atoms with Crippen molar-refractivity contribution in [1.82, 2.24) is 15.2 Å². The number of carbonyl (C=O) groups is 1. The normalized spacial score (nSPS) is 27.4. The zero-order chi connectivity index (χ0) is 14.9. The maximum Gasteiger partial charge on any atom is 0.267 e. The summed E-state index contributed by atoms with van der Waals surface area (Å²) in [5.74, 6) is -0.0559. The van der Waals surface area contributed by atoms with Gasteiger partial charge in [-0.05, 0) is 44.3 Å². The van der Waals surface area contributed by atoms with E-state index in [0.717, 1.165) is 38.9 Å². The van der Waals surface area contributed by atoms with Crippen LogP contribution in [0.4, 0.5) is 0 Å². The smallest absolute Gasteiger partial charge is 0.267 e. The molecule has 0 spiro atoms. The number of piperidine rings is 3. The fourth-order valence-corrected chi connectivity index (χ4v) is 3.39. The van der Waals surface area contributed by atoms with Gasteiger partial charge in [-0.1, -0.05) is 0 Å². The second-order valence-corrected chi connectivity index (χ2v) is 6.20. The van der Waals surface area contributed by atoms with Crippen LogP contribution in [0.2, 0.25) is 0 Å². The van der Waals surface area contributed by atoms with Crippen LogP contribution in [0.15, 0.2) is 17.1 Å². The summed E-state index contributed by atoms with van der Waals surface area (Å²) >= 11 is 0. The third-order valence-electron chi connectivity index (χ3n) is 4.75. The van der Waals surface area contributed by atoms with Crippen LogP contribution in [0, 0.1) is 5.41 Å². The molecule has 2 N–H and O–H groups in total. The lowest BCUT2D eigenvalue weighted by Gasteiger charge is -2.48. The molecule has 3 fully saturated rings. The number of aromatic amines is 1. The Balaban J connectivity index is 1.64. The minimum atomic E-state index is -0.307. The molecule has 3 aliphatic heterocycles. The Morgan fingerprint density at radius 1 is 1.38 bits per heavy atom. The third-order valence-corrected chi connectivity index (χ3v) is 5.00. The first-order valence-corrected chi connectivity index (χ1v) is 7.69. The van der Waals surface area contributed by atoms with Gasteiger partial charge in [-0.15, -0.1) is 0 Å². The number of amides is 1. The van der Waals surface area contributed by atoms with Gasteiger partial charge in [0.1, 0.15) is 5.69 Å². The van der Waals surface area contributed by atoms with Gasteiger partial charge >= 0.3 is 0 Å². The van der Waals surface area contributed by atoms with Crippen LogP contribution in [-0.2, 0) is 0 Å². The van der Waals surface area contributed by atoms with Crippen molar-refractivity contribution in [3.8, 4) is 5.75 Å². The predicted molar refractivity (Wildman–Crippen MR) is 82.5 cm³/mol. The van der Waals surface area contributed by atoms with Crippen molar-refractivity contribution in [2.45, 2.75) is 19.3 Å². The molecule has 114 valence electrons. The van der Waals surface area contributed by atoms with E-state index < -0.39 is 0 Å². The van der Waals surface area contributed by atoms with Gasteiger partial charge in [0, 0.05) is 18.8 Å². The molecular formula is C14H20N3O3P. The summed E-state index contributed by atoms with van der Waals surface area (Å²) in [6, 6.07) is 1.27. The highest BCUT2D eigenvalue weighted by molar-refractivity contribution is 7.10. The fraction of sp³-hybridized carbons (Fsp3) is 0.571. The summed E-state index contributed by atoms with van der Waals surface area (Å²) < 4.78 is 4.81. The van der Waals surface area contributed by atoms with Crippen molar-refractivity contribution < 1.29 is 9.32 Å². The van der Waals surface area contributed by atoms with Crippen LogP contribution >= 0.6 is 9.47 Å². The van der Waals surface area contributed by atoms with Crippen molar-refractivity contribution in [2.75, 3.05) is 26.2 Å². The summed E-state index contributed by atoms with van der Waals surface area (Å²) in [4.78, 5) is 29.1. The Kier molecular flexibility index (Phi) is 4.00. The van der Waals surface area contributed by atoms with Crippen molar-refractivity contribution in [3.05, 3.63) is 28.2 Å². The van der Waals surface area contributed by atoms with Crippen LogP contribution in [0.3, 0.4) is 0 Å². The van der Waals surface area contributed by atoms with Crippen LogP contribution in [-0.4, -0.2) is 42.0 Å². The highest BCUT2D eigenvalue weighted by atomic mass is 31.0. The highest BCUT2D eigenvalue weighted by Crippen LogP contribution is 2.39. The van der Waals surface area contributed by atoms with E-state index in [1.54, 1.807) is 0 Å². The Labute approximate surface area is 125 Å². The SMILES string of the molecule is O=C(NCC12CCN(CC1)CC2)c1cc(=O)c(OP)c[nH]1. The standard InChI is InChI=1S/C14H20N3O3P/c18-11-7-10(15-8-12(11)20-21)13(19)16-9-14-1-4-17(5-2-14)6-3-14/h7-8H,1-6,9,21H2,(H,15,18)(H,16,19). The first kappa shape index (κ1) is 14.5. The number of hydrogen-bond acceptors (Lipinski definition) is 4. The molecule has 0 saturated carbocycles. The second-order valence-electron chi connectivity index (χ2n) is 5.97. The highest BCUT2D eigenvalue weighted by Gasteiger charge is 2.39. The van der Waals surface area contributed by atoms with Crippen LogP contribution in [0.1, 0.15) is 29.8 Å². The summed E-state index contributed by atoms with van der Waals surface area (Å²) in [5, 5.41) is 2.98. The zero-order valence-corrected chi connectivity index (χ0v) is 13.0. The molecule has 6 nitrogen and oxygen atoms in total. The van der Waals surface area contributed by atoms with Gasteiger partial charge in [0.25, 0.3) is 5.91 Å². The molecule has 3 aliphatic rings. The number of hydrogen-bond donors (Lipinski definition) is 2. The largest absolute Gasteiger partial charge is 0.475 e. The maximum atomic E-state index is 12.2. The molecule has 1 aromatic heterocycles. The van der Waals surface area contributed by atoms with E-state index in [9.17, 15) is 9.59 Å². The van der Waals surface area contributed by atoms with E-state index >= 15 is 0 Å². The first-order valence-electron chi connectivity index (χ1n) is 7.22. The van der Waals surface area contributed by atoms with Gasteiger partial charge in [-0.25, -0.2) is 0 Å². The van der Waals surface area contributed by atoms with Crippen LogP contribution in [0.5, 0.6) is 5.75 Å². The van der Waals surface area contributed by atoms with Crippen LogP contribution in [0.25, 0.3) is 0 Å². The number of nitrogens with zero attached hydrogens (tertiary/aromatic N) is 1. The molecule has 2 bridgehead atoms. The molecule has 1 amide bonds. The number of fused-ring (bicyclic) bond motifs is 3. The van der Waals surface area contributed by atoms with Crippen molar-refractivity contribution in [1.29, 1.82) is 0 Å². The number of rotatable bonds is 4. The summed E-state index contributed by atoms with van der Waals surface area (Å²) in [6.07, 6.45) is 4.83. The van der Waals surface area contributed by atoms with E-state index in [0.29, 0.717) is 6.54 Å². The third kappa shape index (κ3) is 2.97. The fourth-order valence-electron chi connectivity index (χ4n) is 3.21. The number of nitrogens with one attached hydrogen (secondary N) is 2. The molecule has 0 aromatic carbocycles. The van der Waals surface area contributed by atoms with E-state index in [4.69, 9.17) is 4.52 Å². The first-order chi connectivity index (χ1) is 10.1. The zero-order valence-electron chi connectivity index (χ0n) is 11.9. The topological polar surface area (TPSA) is 74.4 Å². The lowest BCUT2D eigenvalue weighted by atomic mass is 9.72. The van der Waals surface area contributed by atoms with Gasteiger partial charge < -0.3 is 19.7 Å². The molecule has 4 rings (SSSR count). The van der Waals surface area contributed by atoms with Crippen molar-refractivity contribution >= 4 is 15.4 Å². The molecule has 4 heterocycles. The lowest BCUT2D eigenvalue weighted by Crippen LogP contribution is -2.52. The Morgan fingerprint density at radius 2 is 2.05 bits per heavy atom. The van der Waals surface area contributed by atoms with Gasteiger partial charge in [0.15, 0.2) is 5.75 Å². The predicted octanol–water partition coefficient (Wildman–Crippen LogP) is 0.760. The Morgan fingerprint density at radius 3 is 2.62 bits per heavy atom. The van der Waals surface area contributed by atoms with E-state index in [1.807, 2.05) is 9.47 Å². The molecule has 3 saturated heterocycles. The minimum Gasteiger partial charge on any atom is -0.475 e. The molecule has 1 atom stereocenters. The lowest BCUT2D eigenvalue weighted by molar-refractivity contribution is 0.0261. The summed E-state index contributed by atoms with van der Waals surface area (Å²) in [5.41, 5.74) is 0.210. The van der Waals surface area contributed by atoms with Gasteiger partial charge in [0.2, 0.25) is 5.43 Å². The average Bonchev–Trinajstić information content (AvgIpc) is 2.54. The summed E-state index contributed by atoms with van der Waals surface area (Å²) in [7, 11) is 2.02. The Bertz CT molecular complexity index is 580. The molecular weight excluding hydrogens is 289 g/mol. The Hall–Kier alpha value is -1.39. The average molecular weight is 309 g/mol. The molecule has 21 heavy (non-hydrogen) atoms. The monoisotopic (exact) mass is 309 g/mol. The number of carbonyl (C=O) groups excluding carboxylic acids is 1. The molecule has 1 aromatic rings. The van der Waals surface area contributed by atoms with Crippen LogP contribution < -0.4 is 15.3 Å². The van der Waals surface area contributed by atoms with E-state index in [1.165, 1.54) is 12.3 Å². The minimum absolute atomic E-state index is 0.176. The summed E-state index contributed by atoms with van der Waals surface area (Å²) in [6.45, 7) is 4.08. The number of aromatic nitrogens is 1. The van der Waals surface area contributed by atoms with Crippen molar-refractivity contribution in [2.24, 2.45) is 5.41 Å². The van der Waals surface area contributed by atoms with E-state index in [-0.39, 0.29) is 28.2 Å². The van der Waals surface area contributed by atoms with Crippen molar-refractivity contribution in [3.63, 3.8) is 0 Å². The second kappa shape index (κ2) is 5.78. The number of pyridine rings is 1. The maximum absolute atomic E-state index is 12.2. The molecule has 1 unspecified atom stereocenters. The van der Waals surface area contributed by atoms with Gasteiger partial charge in [-0.3, -0.25) is 9.59 Å². The molecule has 0 aliphatic carbocycles. The number of H-pyrrole nitrogens is 1.